The fourth-order valence-corrected chi connectivity index (χ4v) is 1.84. The average molecular weight is 281 g/mol. The molecular formula is C14H14ClFN2O. The van der Waals surface area contributed by atoms with Crippen LogP contribution in [0, 0.1) is 12.7 Å². The molecule has 0 unspecified atom stereocenters. The number of hydrogen-bond donors (Lipinski definition) is 2. The fraction of sp³-hybridized carbons (Fsp3) is 0.143. The van der Waals surface area contributed by atoms with Gasteiger partial charge < -0.3 is 15.8 Å². The minimum absolute atomic E-state index is 0.321. The van der Waals surface area contributed by atoms with E-state index in [1.807, 2.05) is 0 Å². The topological polar surface area (TPSA) is 47.3 Å². The molecule has 0 amide bonds. The summed E-state index contributed by atoms with van der Waals surface area (Å²) in [5.74, 6) is 0.337. The highest BCUT2D eigenvalue weighted by atomic mass is 35.5. The van der Waals surface area contributed by atoms with E-state index < -0.39 is 0 Å². The first-order valence-electron chi connectivity index (χ1n) is 5.67. The molecule has 0 saturated carbocycles. The Bertz CT molecular complexity index is 617. The van der Waals surface area contributed by atoms with Gasteiger partial charge in [-0.2, -0.15) is 0 Å². The lowest BCUT2D eigenvalue weighted by molar-refractivity contribution is 0.415. The number of halogens is 2. The summed E-state index contributed by atoms with van der Waals surface area (Å²) < 4.78 is 18.5. The first kappa shape index (κ1) is 13.5. The number of nitrogens with one attached hydrogen (secondary N) is 1. The van der Waals surface area contributed by atoms with Crippen LogP contribution in [0.25, 0.3) is 0 Å². The van der Waals surface area contributed by atoms with Crippen molar-refractivity contribution in [2.24, 2.45) is 0 Å². The standard InChI is InChI=1S/C14H14ClFN2O/c1-8-5-14(12(17)7-11(8)16)18-13-6-9(19-2)3-4-10(13)15/h3-7,18H,17H2,1-2H3. The number of benzene rings is 2. The molecule has 0 radical (unpaired) electrons. The van der Waals surface area contributed by atoms with Crippen molar-refractivity contribution in [3.8, 4) is 5.75 Å². The minimum atomic E-state index is -0.334. The predicted molar refractivity (Wildman–Crippen MR) is 76.8 cm³/mol. The number of nitrogens with two attached hydrogens (primary N) is 1. The van der Waals surface area contributed by atoms with Gasteiger partial charge in [-0.1, -0.05) is 11.6 Å². The summed E-state index contributed by atoms with van der Waals surface area (Å²) >= 11 is 6.09. The fourth-order valence-electron chi connectivity index (χ4n) is 1.68. The summed E-state index contributed by atoms with van der Waals surface area (Å²) in [5, 5.41) is 3.61. The molecule has 0 spiro atoms. The van der Waals surface area contributed by atoms with E-state index in [1.165, 1.54) is 6.07 Å². The third-order valence-corrected chi connectivity index (χ3v) is 3.10. The van der Waals surface area contributed by atoms with Gasteiger partial charge in [-0.15, -0.1) is 0 Å². The highest BCUT2D eigenvalue weighted by molar-refractivity contribution is 6.33. The largest absolute Gasteiger partial charge is 0.497 e. The Morgan fingerprint density at radius 1 is 1.21 bits per heavy atom. The molecule has 0 saturated heterocycles. The van der Waals surface area contributed by atoms with Crippen LogP contribution < -0.4 is 15.8 Å². The maximum Gasteiger partial charge on any atom is 0.128 e. The molecule has 3 nitrogen and oxygen atoms in total. The SMILES string of the molecule is COc1ccc(Cl)c(Nc2cc(C)c(F)cc2N)c1. The molecule has 0 atom stereocenters. The Morgan fingerprint density at radius 2 is 1.95 bits per heavy atom. The van der Waals surface area contributed by atoms with Crippen molar-refractivity contribution in [3.63, 3.8) is 0 Å². The number of hydrogen-bond acceptors (Lipinski definition) is 3. The van der Waals surface area contributed by atoms with Gasteiger partial charge in [-0.05, 0) is 36.8 Å². The molecule has 19 heavy (non-hydrogen) atoms. The van der Waals surface area contributed by atoms with Crippen LogP contribution >= 0.6 is 11.6 Å². The van der Waals surface area contributed by atoms with Crippen LogP contribution in [0.15, 0.2) is 30.3 Å². The zero-order valence-corrected chi connectivity index (χ0v) is 11.4. The van der Waals surface area contributed by atoms with Crippen LogP contribution in [0.4, 0.5) is 21.5 Å². The Balaban J connectivity index is 2.38. The predicted octanol–water partition coefficient (Wildman–Crippen LogP) is 4.12. The summed E-state index contributed by atoms with van der Waals surface area (Å²) in [6.45, 7) is 1.67. The zero-order chi connectivity index (χ0) is 14.0. The number of ether oxygens (including phenoxy) is 1. The lowest BCUT2D eigenvalue weighted by atomic mass is 10.1. The maximum atomic E-state index is 13.3. The molecule has 2 aromatic carbocycles. The number of anilines is 3. The van der Waals surface area contributed by atoms with Crippen LogP contribution in [-0.4, -0.2) is 7.11 Å². The van der Waals surface area contributed by atoms with Gasteiger partial charge in [0.2, 0.25) is 0 Å². The minimum Gasteiger partial charge on any atom is -0.497 e. The van der Waals surface area contributed by atoms with Gasteiger partial charge in [0.05, 0.1) is 29.2 Å². The Morgan fingerprint density at radius 3 is 2.63 bits per heavy atom. The van der Waals surface area contributed by atoms with E-state index in [0.29, 0.717) is 33.4 Å². The molecular weight excluding hydrogens is 267 g/mol. The lowest BCUT2D eigenvalue weighted by Gasteiger charge is -2.13. The molecule has 0 aromatic heterocycles. The van der Waals surface area contributed by atoms with Crippen LogP contribution in [0.3, 0.4) is 0 Å². The lowest BCUT2D eigenvalue weighted by Crippen LogP contribution is -1.99. The third-order valence-electron chi connectivity index (χ3n) is 2.77. The smallest absolute Gasteiger partial charge is 0.128 e. The van der Waals surface area contributed by atoms with Crippen molar-refractivity contribution < 1.29 is 9.13 Å². The highest BCUT2D eigenvalue weighted by Gasteiger charge is 2.08. The molecule has 100 valence electrons. The highest BCUT2D eigenvalue weighted by Crippen LogP contribution is 2.32. The quantitative estimate of drug-likeness (QED) is 0.831. The van der Waals surface area contributed by atoms with E-state index in [-0.39, 0.29) is 5.82 Å². The van der Waals surface area contributed by atoms with Crippen molar-refractivity contribution >= 4 is 28.7 Å². The van der Waals surface area contributed by atoms with Crippen LogP contribution in [-0.2, 0) is 0 Å². The summed E-state index contributed by atoms with van der Waals surface area (Å²) in [7, 11) is 1.57. The van der Waals surface area contributed by atoms with Crippen molar-refractivity contribution in [1.82, 2.24) is 0 Å². The molecule has 0 aliphatic carbocycles. The van der Waals surface area contributed by atoms with Gasteiger partial charge in [0.25, 0.3) is 0 Å². The molecule has 0 aliphatic rings. The van der Waals surface area contributed by atoms with Crippen molar-refractivity contribution in [1.29, 1.82) is 0 Å². The molecule has 0 fully saturated rings. The van der Waals surface area contributed by atoms with Crippen LogP contribution in [0.1, 0.15) is 5.56 Å². The second kappa shape index (κ2) is 5.36. The van der Waals surface area contributed by atoms with Gasteiger partial charge >= 0.3 is 0 Å². The van der Waals surface area contributed by atoms with Crippen LogP contribution in [0.2, 0.25) is 5.02 Å². The van der Waals surface area contributed by atoms with Gasteiger partial charge in [0.1, 0.15) is 11.6 Å². The molecule has 2 aromatic rings. The van der Waals surface area contributed by atoms with Crippen molar-refractivity contribution in [2.75, 3.05) is 18.2 Å². The molecule has 0 heterocycles. The van der Waals surface area contributed by atoms with Crippen molar-refractivity contribution in [3.05, 3.63) is 46.7 Å². The van der Waals surface area contributed by atoms with Gasteiger partial charge in [-0.3, -0.25) is 0 Å². The number of aryl methyl sites for hydroxylation is 1. The van der Waals surface area contributed by atoms with E-state index in [4.69, 9.17) is 22.1 Å². The summed E-state index contributed by atoms with van der Waals surface area (Å²) in [5.41, 5.74) is 7.87. The molecule has 0 aliphatic heterocycles. The maximum absolute atomic E-state index is 13.3. The van der Waals surface area contributed by atoms with Crippen LogP contribution in [0.5, 0.6) is 5.75 Å². The van der Waals surface area contributed by atoms with E-state index in [0.717, 1.165) is 0 Å². The Hall–Kier alpha value is -1.94. The molecule has 3 N–H and O–H groups in total. The third kappa shape index (κ3) is 2.90. The summed E-state index contributed by atoms with van der Waals surface area (Å²) in [6.07, 6.45) is 0. The molecule has 2 rings (SSSR count). The zero-order valence-electron chi connectivity index (χ0n) is 10.6. The number of rotatable bonds is 3. The van der Waals surface area contributed by atoms with E-state index in [2.05, 4.69) is 5.32 Å². The first-order chi connectivity index (χ1) is 9.01. The summed E-state index contributed by atoms with van der Waals surface area (Å²) in [4.78, 5) is 0. The average Bonchev–Trinajstić information content (AvgIpc) is 2.38. The molecule has 5 heteroatoms. The number of nitrogen functional groups attached to an aromatic ring is 1. The Kier molecular flexibility index (Phi) is 3.81. The Labute approximate surface area is 116 Å². The monoisotopic (exact) mass is 280 g/mol. The summed E-state index contributed by atoms with van der Waals surface area (Å²) in [6, 6.07) is 8.15. The van der Waals surface area contributed by atoms with Gasteiger partial charge in [0.15, 0.2) is 0 Å². The number of methoxy groups -OCH3 is 1. The first-order valence-corrected chi connectivity index (χ1v) is 6.05. The van der Waals surface area contributed by atoms with Gasteiger partial charge in [0, 0.05) is 6.07 Å². The van der Waals surface area contributed by atoms with E-state index >= 15 is 0 Å². The second-order valence-electron chi connectivity index (χ2n) is 4.16. The van der Waals surface area contributed by atoms with E-state index in [9.17, 15) is 4.39 Å². The second-order valence-corrected chi connectivity index (χ2v) is 4.57. The normalized spacial score (nSPS) is 10.3. The molecule has 0 bridgehead atoms. The van der Waals surface area contributed by atoms with Crippen molar-refractivity contribution in [2.45, 2.75) is 6.92 Å². The van der Waals surface area contributed by atoms with E-state index in [1.54, 1.807) is 38.3 Å². The van der Waals surface area contributed by atoms with Gasteiger partial charge in [-0.25, -0.2) is 4.39 Å².